The third kappa shape index (κ3) is 2.52. The molecule has 0 aliphatic carbocycles. The number of aromatic nitrogens is 2. The molecule has 6 heteroatoms. The highest BCUT2D eigenvalue weighted by Crippen LogP contribution is 2.14. The van der Waals surface area contributed by atoms with Gasteiger partial charge in [-0.3, -0.25) is 14.3 Å². The van der Waals surface area contributed by atoms with E-state index in [1.54, 1.807) is 31.4 Å². The summed E-state index contributed by atoms with van der Waals surface area (Å²) in [7, 11) is 1.57. The molecule has 2 rings (SSSR count). The first-order valence-corrected chi connectivity index (χ1v) is 5.68. The van der Waals surface area contributed by atoms with E-state index in [-0.39, 0.29) is 18.0 Å². The maximum atomic E-state index is 11.7. The predicted octanol–water partition coefficient (Wildman–Crippen LogP) is 0.608. The highest BCUT2D eigenvalue weighted by atomic mass is 16.5. The molecule has 0 radical (unpaired) electrons. The Bertz CT molecular complexity index is 698. The summed E-state index contributed by atoms with van der Waals surface area (Å²) in [4.78, 5) is 25.1. The number of rotatable bonds is 3. The molecular formula is C13H14N2O4. The SMILES string of the molecule is COc1ccc(Cn2c(O)c(C)c(=O)[nH]c2=O)cc1. The summed E-state index contributed by atoms with van der Waals surface area (Å²) in [6.45, 7) is 1.63. The van der Waals surface area contributed by atoms with Crippen LogP contribution in [0.15, 0.2) is 33.9 Å². The van der Waals surface area contributed by atoms with Crippen LogP contribution < -0.4 is 16.0 Å². The predicted molar refractivity (Wildman–Crippen MR) is 69.8 cm³/mol. The lowest BCUT2D eigenvalue weighted by atomic mass is 10.2. The first-order chi connectivity index (χ1) is 9.02. The van der Waals surface area contributed by atoms with Crippen LogP contribution in [0.25, 0.3) is 0 Å². The molecule has 6 nitrogen and oxygen atoms in total. The fraction of sp³-hybridized carbons (Fsp3) is 0.231. The average Bonchev–Trinajstić information content (AvgIpc) is 2.42. The summed E-state index contributed by atoms with van der Waals surface area (Å²) in [6.07, 6.45) is 0. The van der Waals surface area contributed by atoms with E-state index in [0.717, 1.165) is 10.1 Å². The zero-order valence-electron chi connectivity index (χ0n) is 10.6. The molecule has 2 aromatic rings. The molecule has 2 N–H and O–H groups in total. The van der Waals surface area contributed by atoms with Crippen molar-refractivity contribution in [3.8, 4) is 11.6 Å². The van der Waals surface area contributed by atoms with Gasteiger partial charge in [-0.25, -0.2) is 4.79 Å². The number of nitrogens with zero attached hydrogens (tertiary/aromatic N) is 1. The molecule has 0 fully saturated rings. The summed E-state index contributed by atoms with van der Waals surface area (Å²) < 4.78 is 6.15. The second kappa shape index (κ2) is 5.01. The van der Waals surface area contributed by atoms with Crippen molar-refractivity contribution in [1.82, 2.24) is 9.55 Å². The second-order valence-corrected chi connectivity index (χ2v) is 4.14. The van der Waals surface area contributed by atoms with Gasteiger partial charge in [-0.2, -0.15) is 0 Å². The van der Waals surface area contributed by atoms with Crippen LogP contribution in [0.3, 0.4) is 0 Å². The minimum Gasteiger partial charge on any atom is -0.497 e. The molecule has 1 heterocycles. The molecule has 0 bridgehead atoms. The van der Waals surface area contributed by atoms with Crippen LogP contribution in [0.1, 0.15) is 11.1 Å². The summed E-state index contributed by atoms with van der Waals surface area (Å²) in [5, 5.41) is 9.84. The Balaban J connectivity index is 2.40. The molecule has 0 saturated carbocycles. The monoisotopic (exact) mass is 262 g/mol. The summed E-state index contributed by atoms with van der Waals surface area (Å²) in [6, 6.07) is 7.09. The average molecular weight is 262 g/mol. The van der Waals surface area contributed by atoms with Crippen LogP contribution in [0.4, 0.5) is 0 Å². The van der Waals surface area contributed by atoms with E-state index in [0.29, 0.717) is 5.75 Å². The van der Waals surface area contributed by atoms with Crippen LogP contribution >= 0.6 is 0 Å². The van der Waals surface area contributed by atoms with Gasteiger partial charge in [0.2, 0.25) is 5.88 Å². The van der Waals surface area contributed by atoms with Crippen LogP contribution in [0.2, 0.25) is 0 Å². The highest BCUT2D eigenvalue weighted by molar-refractivity contribution is 5.28. The van der Waals surface area contributed by atoms with Gasteiger partial charge >= 0.3 is 5.69 Å². The van der Waals surface area contributed by atoms with Gasteiger partial charge in [0.25, 0.3) is 5.56 Å². The van der Waals surface area contributed by atoms with E-state index in [1.807, 2.05) is 0 Å². The van der Waals surface area contributed by atoms with Crippen molar-refractivity contribution >= 4 is 0 Å². The van der Waals surface area contributed by atoms with Crippen molar-refractivity contribution in [1.29, 1.82) is 0 Å². The first-order valence-electron chi connectivity index (χ1n) is 5.68. The molecule has 100 valence electrons. The number of benzene rings is 1. The van der Waals surface area contributed by atoms with Crippen molar-refractivity contribution < 1.29 is 9.84 Å². The molecule has 0 amide bonds. The molecule has 19 heavy (non-hydrogen) atoms. The van der Waals surface area contributed by atoms with Gasteiger partial charge in [0.05, 0.1) is 19.2 Å². The minimum absolute atomic E-state index is 0.119. The Labute approximate surface area is 108 Å². The van der Waals surface area contributed by atoms with E-state index >= 15 is 0 Å². The van der Waals surface area contributed by atoms with E-state index in [1.165, 1.54) is 6.92 Å². The first kappa shape index (κ1) is 12.9. The molecule has 0 spiro atoms. The Kier molecular flexibility index (Phi) is 3.41. The van der Waals surface area contributed by atoms with Gasteiger partial charge in [-0.1, -0.05) is 12.1 Å². The van der Waals surface area contributed by atoms with E-state index in [9.17, 15) is 14.7 Å². The standard InChI is InChI=1S/C13H14N2O4/c1-8-11(16)14-13(18)15(12(8)17)7-9-3-5-10(19-2)6-4-9/h3-6,17H,7H2,1-2H3,(H,14,16,18). The topological polar surface area (TPSA) is 84.3 Å². The molecule has 1 aromatic heterocycles. The van der Waals surface area contributed by atoms with Crippen molar-refractivity contribution in [3.05, 3.63) is 56.2 Å². The van der Waals surface area contributed by atoms with Crippen LogP contribution in [-0.2, 0) is 6.54 Å². The van der Waals surface area contributed by atoms with Gasteiger partial charge in [-0.15, -0.1) is 0 Å². The lowest BCUT2D eigenvalue weighted by Gasteiger charge is -2.09. The fourth-order valence-electron chi connectivity index (χ4n) is 1.72. The van der Waals surface area contributed by atoms with Crippen molar-refractivity contribution in [3.63, 3.8) is 0 Å². The zero-order chi connectivity index (χ0) is 14.0. The number of ether oxygens (including phenoxy) is 1. The summed E-state index contributed by atoms with van der Waals surface area (Å²) >= 11 is 0. The maximum Gasteiger partial charge on any atom is 0.331 e. The van der Waals surface area contributed by atoms with Gasteiger partial charge in [0.1, 0.15) is 5.75 Å². The smallest absolute Gasteiger partial charge is 0.331 e. The number of nitrogens with one attached hydrogen (secondary N) is 1. The van der Waals surface area contributed by atoms with Crippen LogP contribution in [-0.4, -0.2) is 21.8 Å². The molecule has 0 saturated heterocycles. The Morgan fingerprint density at radius 3 is 2.47 bits per heavy atom. The third-order valence-electron chi connectivity index (χ3n) is 2.90. The zero-order valence-corrected chi connectivity index (χ0v) is 10.6. The minimum atomic E-state index is -0.635. The number of hydrogen-bond donors (Lipinski definition) is 2. The van der Waals surface area contributed by atoms with Crippen molar-refractivity contribution in [2.75, 3.05) is 7.11 Å². The molecule has 1 aromatic carbocycles. The Morgan fingerprint density at radius 2 is 1.89 bits per heavy atom. The highest BCUT2D eigenvalue weighted by Gasteiger charge is 2.10. The van der Waals surface area contributed by atoms with E-state index in [2.05, 4.69) is 4.98 Å². The van der Waals surface area contributed by atoms with Gasteiger partial charge in [-0.05, 0) is 24.6 Å². The van der Waals surface area contributed by atoms with E-state index < -0.39 is 11.2 Å². The third-order valence-corrected chi connectivity index (χ3v) is 2.90. The van der Waals surface area contributed by atoms with Gasteiger partial charge < -0.3 is 9.84 Å². The van der Waals surface area contributed by atoms with Crippen LogP contribution in [0, 0.1) is 6.92 Å². The second-order valence-electron chi connectivity index (χ2n) is 4.14. The lowest BCUT2D eigenvalue weighted by molar-refractivity contribution is 0.404. The maximum absolute atomic E-state index is 11.7. The molecule has 0 aliphatic rings. The normalized spacial score (nSPS) is 10.4. The molecule has 0 unspecified atom stereocenters. The van der Waals surface area contributed by atoms with Gasteiger partial charge in [0.15, 0.2) is 0 Å². The fourth-order valence-corrected chi connectivity index (χ4v) is 1.72. The summed E-state index contributed by atoms with van der Waals surface area (Å²) in [5.74, 6) is 0.391. The Morgan fingerprint density at radius 1 is 1.26 bits per heavy atom. The summed E-state index contributed by atoms with van der Waals surface area (Å²) in [5.41, 5.74) is -0.282. The van der Waals surface area contributed by atoms with Gasteiger partial charge in [0, 0.05) is 0 Å². The Hall–Kier alpha value is -2.50. The van der Waals surface area contributed by atoms with Crippen molar-refractivity contribution in [2.24, 2.45) is 0 Å². The molecular weight excluding hydrogens is 248 g/mol. The van der Waals surface area contributed by atoms with Crippen LogP contribution in [0.5, 0.6) is 11.6 Å². The van der Waals surface area contributed by atoms with Crippen molar-refractivity contribution in [2.45, 2.75) is 13.5 Å². The number of hydrogen-bond acceptors (Lipinski definition) is 4. The quantitative estimate of drug-likeness (QED) is 0.848. The number of H-pyrrole nitrogens is 1. The molecule has 0 atom stereocenters. The number of aromatic amines is 1. The lowest BCUT2D eigenvalue weighted by Crippen LogP contribution is -2.31. The number of methoxy groups -OCH3 is 1. The molecule has 0 aliphatic heterocycles. The number of aromatic hydroxyl groups is 1. The largest absolute Gasteiger partial charge is 0.497 e. The van der Waals surface area contributed by atoms with E-state index in [4.69, 9.17) is 4.74 Å².